The minimum atomic E-state index is -0.517. The topological polar surface area (TPSA) is 80.1 Å². The Morgan fingerprint density at radius 1 is 1.19 bits per heavy atom. The number of anilines is 2. The Bertz CT molecular complexity index is 1040. The lowest BCUT2D eigenvalue weighted by molar-refractivity contribution is 0.129. The van der Waals surface area contributed by atoms with Gasteiger partial charge in [-0.2, -0.15) is 10.1 Å². The van der Waals surface area contributed by atoms with Crippen molar-refractivity contribution in [2.75, 3.05) is 12.4 Å². The highest BCUT2D eigenvalue weighted by molar-refractivity contribution is 5.54. The second-order valence-corrected chi connectivity index (χ2v) is 5.87. The van der Waals surface area contributed by atoms with Gasteiger partial charge in [-0.15, -0.1) is 0 Å². The van der Waals surface area contributed by atoms with Gasteiger partial charge in [0.2, 0.25) is 5.95 Å². The number of hydrogen-bond donors (Lipinski definition) is 2. The first-order valence-corrected chi connectivity index (χ1v) is 8.06. The van der Waals surface area contributed by atoms with Gasteiger partial charge in [0.05, 0.1) is 0 Å². The Kier molecular flexibility index (Phi) is 4.10. The molecule has 0 aliphatic heterocycles. The predicted molar refractivity (Wildman–Crippen MR) is 94.8 cm³/mol. The van der Waals surface area contributed by atoms with Crippen molar-refractivity contribution in [1.29, 1.82) is 0 Å². The van der Waals surface area contributed by atoms with Crippen LogP contribution in [0, 0.1) is 12.7 Å². The van der Waals surface area contributed by atoms with Crippen molar-refractivity contribution in [2.24, 2.45) is 0 Å². The zero-order valence-electron chi connectivity index (χ0n) is 14.3. The van der Waals surface area contributed by atoms with E-state index in [0.29, 0.717) is 23.2 Å². The highest BCUT2D eigenvalue weighted by Gasteiger charge is 2.19. The second-order valence-electron chi connectivity index (χ2n) is 5.87. The average Bonchev–Trinajstić information content (AvgIpc) is 3.26. The minimum Gasteiger partial charge on any atom is -0.369 e. The number of halogens is 1. The van der Waals surface area contributed by atoms with Crippen LogP contribution in [0.5, 0.6) is 0 Å². The zero-order valence-corrected chi connectivity index (χ0v) is 14.3. The Hall–Kier alpha value is -3.26. The van der Waals surface area contributed by atoms with Gasteiger partial charge >= 0.3 is 0 Å². The second kappa shape index (κ2) is 6.57. The van der Waals surface area contributed by atoms with Crippen molar-refractivity contribution in [2.45, 2.75) is 13.0 Å². The largest absolute Gasteiger partial charge is 0.369 e. The number of aromatic amines is 1. The zero-order chi connectivity index (χ0) is 18.1. The van der Waals surface area contributed by atoms with Gasteiger partial charge in [0.1, 0.15) is 17.6 Å². The van der Waals surface area contributed by atoms with Crippen molar-refractivity contribution < 1.29 is 9.13 Å². The normalized spacial score (nSPS) is 12.4. The number of nitrogens with one attached hydrogen (secondary N) is 2. The number of benzene rings is 1. The van der Waals surface area contributed by atoms with Crippen LogP contribution in [-0.2, 0) is 4.74 Å². The number of H-pyrrole nitrogens is 1. The van der Waals surface area contributed by atoms with Gasteiger partial charge in [-0.3, -0.25) is 9.50 Å². The third kappa shape index (κ3) is 3.02. The minimum absolute atomic E-state index is 0.303. The Morgan fingerprint density at radius 2 is 2.00 bits per heavy atom. The fourth-order valence-corrected chi connectivity index (χ4v) is 2.78. The van der Waals surface area contributed by atoms with Crippen molar-refractivity contribution >= 4 is 17.4 Å². The van der Waals surface area contributed by atoms with Gasteiger partial charge in [0.25, 0.3) is 0 Å². The van der Waals surface area contributed by atoms with Crippen LogP contribution in [-0.4, -0.2) is 31.7 Å². The summed E-state index contributed by atoms with van der Waals surface area (Å²) in [7, 11) is 1.57. The van der Waals surface area contributed by atoms with Crippen LogP contribution >= 0.6 is 0 Å². The molecular formula is C18H17FN6O. The molecule has 26 heavy (non-hydrogen) atoms. The number of aromatic nitrogens is 5. The first-order valence-electron chi connectivity index (χ1n) is 8.06. The van der Waals surface area contributed by atoms with E-state index in [1.165, 1.54) is 12.1 Å². The van der Waals surface area contributed by atoms with Crippen LogP contribution < -0.4 is 5.32 Å². The van der Waals surface area contributed by atoms with E-state index < -0.39 is 6.10 Å². The smallest absolute Gasteiger partial charge is 0.216 e. The summed E-state index contributed by atoms with van der Waals surface area (Å²) in [6, 6.07) is 11.8. The van der Waals surface area contributed by atoms with Crippen molar-refractivity contribution in [3.63, 3.8) is 0 Å². The highest BCUT2D eigenvalue weighted by atomic mass is 19.1. The monoisotopic (exact) mass is 352 g/mol. The third-order valence-corrected chi connectivity index (χ3v) is 3.99. The van der Waals surface area contributed by atoms with Gasteiger partial charge in [-0.25, -0.2) is 9.37 Å². The maximum atomic E-state index is 13.2. The maximum Gasteiger partial charge on any atom is 0.216 e. The quantitative estimate of drug-likeness (QED) is 0.576. The SMILES string of the molecule is COC(c1ccc(F)cc1)c1nc(Nc2cc(C)[nH]n2)n2cccc2n1. The number of hydrogen-bond acceptors (Lipinski definition) is 5. The van der Waals surface area contributed by atoms with Crippen LogP contribution in [0.15, 0.2) is 48.7 Å². The van der Waals surface area contributed by atoms with Crippen molar-refractivity contribution in [1.82, 2.24) is 24.6 Å². The van der Waals surface area contributed by atoms with E-state index in [2.05, 4.69) is 25.5 Å². The summed E-state index contributed by atoms with van der Waals surface area (Å²) in [4.78, 5) is 9.19. The molecule has 3 aromatic heterocycles. The van der Waals surface area contributed by atoms with Gasteiger partial charge in [-0.05, 0) is 36.8 Å². The standard InChI is InChI=1S/C18H17FN6O/c1-11-10-14(24-23-11)20-18-22-17(21-15-4-3-9-25(15)18)16(26-2)12-5-7-13(19)8-6-12/h3-10,16H,1-2H3,(H2,20,21,22,23,24). The number of methoxy groups -OCH3 is 1. The average molecular weight is 352 g/mol. The molecule has 7 nitrogen and oxygen atoms in total. The van der Waals surface area contributed by atoms with Crippen molar-refractivity contribution in [3.8, 4) is 0 Å². The summed E-state index contributed by atoms with van der Waals surface area (Å²) in [5, 5.41) is 10.3. The molecule has 8 heteroatoms. The lowest BCUT2D eigenvalue weighted by Gasteiger charge is -2.16. The van der Waals surface area contributed by atoms with Gasteiger partial charge < -0.3 is 10.1 Å². The molecule has 3 heterocycles. The van der Waals surface area contributed by atoms with E-state index in [1.54, 1.807) is 19.2 Å². The van der Waals surface area contributed by atoms with Crippen LogP contribution in [0.4, 0.5) is 16.2 Å². The molecule has 0 bridgehead atoms. The molecule has 1 aromatic carbocycles. The summed E-state index contributed by atoms with van der Waals surface area (Å²) >= 11 is 0. The molecule has 0 aliphatic rings. The summed E-state index contributed by atoms with van der Waals surface area (Å²) in [6.45, 7) is 1.92. The molecule has 2 N–H and O–H groups in total. The van der Waals surface area contributed by atoms with E-state index in [-0.39, 0.29) is 5.82 Å². The first kappa shape index (κ1) is 16.2. The number of nitrogens with zero attached hydrogens (tertiary/aromatic N) is 4. The number of ether oxygens (including phenoxy) is 1. The summed E-state index contributed by atoms with van der Waals surface area (Å²) in [6.07, 6.45) is 1.35. The molecule has 4 rings (SSSR count). The lowest BCUT2D eigenvalue weighted by Crippen LogP contribution is -2.12. The van der Waals surface area contributed by atoms with E-state index in [4.69, 9.17) is 4.74 Å². The molecular weight excluding hydrogens is 335 g/mol. The molecule has 0 aliphatic carbocycles. The van der Waals surface area contributed by atoms with Crippen LogP contribution in [0.2, 0.25) is 0 Å². The summed E-state index contributed by atoms with van der Waals surface area (Å²) in [5.41, 5.74) is 2.42. The molecule has 0 saturated carbocycles. The predicted octanol–water partition coefficient (Wildman–Crippen LogP) is 3.38. The maximum absolute atomic E-state index is 13.2. The molecule has 0 spiro atoms. The van der Waals surface area contributed by atoms with E-state index >= 15 is 0 Å². The Labute approximate surface area is 148 Å². The fraction of sp³-hybridized carbons (Fsp3) is 0.167. The Balaban J connectivity index is 1.78. The lowest BCUT2D eigenvalue weighted by atomic mass is 10.1. The van der Waals surface area contributed by atoms with Gasteiger partial charge in [-0.1, -0.05) is 12.1 Å². The number of aryl methyl sites for hydroxylation is 1. The Morgan fingerprint density at radius 3 is 2.69 bits per heavy atom. The molecule has 0 radical (unpaired) electrons. The van der Waals surface area contributed by atoms with E-state index in [1.807, 2.05) is 35.7 Å². The first-order chi connectivity index (χ1) is 12.6. The number of fused-ring (bicyclic) bond motifs is 1. The molecule has 0 saturated heterocycles. The van der Waals surface area contributed by atoms with Crippen LogP contribution in [0.25, 0.3) is 5.65 Å². The molecule has 0 amide bonds. The number of rotatable bonds is 5. The molecule has 4 aromatic rings. The van der Waals surface area contributed by atoms with Crippen LogP contribution in [0.1, 0.15) is 23.2 Å². The molecule has 0 fully saturated rings. The molecule has 132 valence electrons. The van der Waals surface area contributed by atoms with Gasteiger partial charge in [0, 0.05) is 25.1 Å². The van der Waals surface area contributed by atoms with Crippen LogP contribution in [0.3, 0.4) is 0 Å². The third-order valence-electron chi connectivity index (χ3n) is 3.99. The van der Waals surface area contributed by atoms with Crippen molar-refractivity contribution in [3.05, 3.63) is 71.6 Å². The van der Waals surface area contributed by atoms with E-state index in [9.17, 15) is 4.39 Å². The van der Waals surface area contributed by atoms with Gasteiger partial charge in [0.15, 0.2) is 11.6 Å². The summed E-state index contributed by atoms with van der Waals surface area (Å²) < 4.78 is 20.7. The molecule has 1 atom stereocenters. The summed E-state index contributed by atoms with van der Waals surface area (Å²) in [5.74, 6) is 1.38. The molecule has 1 unspecified atom stereocenters. The van der Waals surface area contributed by atoms with E-state index in [0.717, 1.165) is 11.3 Å². The fourth-order valence-electron chi connectivity index (χ4n) is 2.78. The highest BCUT2D eigenvalue weighted by Crippen LogP contribution is 2.25.